The van der Waals surface area contributed by atoms with Gasteiger partial charge in [0.15, 0.2) is 0 Å². The zero-order valence-corrected chi connectivity index (χ0v) is 10.5. The van der Waals surface area contributed by atoms with Crippen LogP contribution in [0.1, 0.15) is 43.6 Å². The number of amides is 1. The van der Waals surface area contributed by atoms with Crippen LogP contribution in [-0.4, -0.2) is 10.9 Å². The number of halogens is 1. The van der Waals surface area contributed by atoms with Crippen LogP contribution in [0, 0.1) is 5.92 Å². The van der Waals surface area contributed by atoms with E-state index in [1.807, 2.05) is 6.07 Å². The average molecular weight is 253 g/mol. The summed E-state index contributed by atoms with van der Waals surface area (Å²) in [6, 6.07) is 3.58. The molecular formula is C13H17ClN2O. The van der Waals surface area contributed by atoms with Gasteiger partial charge in [-0.1, -0.05) is 36.9 Å². The number of hydrogen-bond donors (Lipinski definition) is 1. The molecule has 3 nitrogen and oxygen atoms in total. The standard InChI is InChI=1S/C13H17ClN2O/c14-11-7-6-10(8-16-11)12(13(15)17)9-4-2-1-3-5-9/h6-9,12H,1-5H2,(H2,15,17). The van der Waals surface area contributed by atoms with Crippen LogP contribution in [0.25, 0.3) is 0 Å². The Kier molecular flexibility index (Phi) is 4.00. The normalized spacial score (nSPS) is 18.9. The average Bonchev–Trinajstić information content (AvgIpc) is 2.33. The summed E-state index contributed by atoms with van der Waals surface area (Å²) in [4.78, 5) is 15.7. The number of nitrogens with zero attached hydrogens (tertiary/aromatic N) is 1. The fourth-order valence-corrected chi connectivity index (χ4v) is 2.82. The molecule has 92 valence electrons. The van der Waals surface area contributed by atoms with Crippen LogP contribution in [0.15, 0.2) is 18.3 Å². The van der Waals surface area contributed by atoms with Crippen molar-refractivity contribution in [1.29, 1.82) is 0 Å². The first kappa shape index (κ1) is 12.4. The number of aromatic nitrogens is 1. The van der Waals surface area contributed by atoms with Crippen molar-refractivity contribution in [2.75, 3.05) is 0 Å². The highest BCUT2D eigenvalue weighted by atomic mass is 35.5. The van der Waals surface area contributed by atoms with Gasteiger partial charge in [0.2, 0.25) is 5.91 Å². The number of carbonyl (C=O) groups is 1. The molecule has 1 atom stereocenters. The van der Waals surface area contributed by atoms with Gasteiger partial charge in [-0.3, -0.25) is 4.79 Å². The van der Waals surface area contributed by atoms with Crippen LogP contribution in [0.3, 0.4) is 0 Å². The van der Waals surface area contributed by atoms with Crippen molar-refractivity contribution in [3.63, 3.8) is 0 Å². The van der Waals surface area contributed by atoms with E-state index in [0.29, 0.717) is 11.1 Å². The molecule has 2 rings (SSSR count). The van der Waals surface area contributed by atoms with Crippen molar-refractivity contribution >= 4 is 17.5 Å². The van der Waals surface area contributed by atoms with E-state index in [-0.39, 0.29) is 11.8 Å². The van der Waals surface area contributed by atoms with E-state index < -0.39 is 0 Å². The number of hydrogen-bond acceptors (Lipinski definition) is 2. The Labute approximate surface area is 106 Å². The molecule has 0 spiro atoms. The monoisotopic (exact) mass is 252 g/mol. The Bertz CT molecular complexity index is 385. The summed E-state index contributed by atoms with van der Waals surface area (Å²) >= 11 is 5.75. The predicted molar refractivity (Wildman–Crippen MR) is 67.8 cm³/mol. The second kappa shape index (κ2) is 5.50. The summed E-state index contributed by atoms with van der Waals surface area (Å²) in [5, 5.41) is 0.445. The summed E-state index contributed by atoms with van der Waals surface area (Å²) in [5.74, 6) is -0.0923. The molecule has 2 N–H and O–H groups in total. The maximum atomic E-state index is 11.6. The number of primary amides is 1. The van der Waals surface area contributed by atoms with E-state index in [4.69, 9.17) is 17.3 Å². The lowest BCUT2D eigenvalue weighted by Crippen LogP contribution is -2.29. The highest BCUT2D eigenvalue weighted by Gasteiger charge is 2.29. The van der Waals surface area contributed by atoms with E-state index in [9.17, 15) is 4.79 Å². The van der Waals surface area contributed by atoms with Crippen molar-refractivity contribution in [3.05, 3.63) is 29.0 Å². The van der Waals surface area contributed by atoms with Gasteiger partial charge < -0.3 is 5.73 Å². The molecule has 1 aromatic rings. The second-order valence-corrected chi connectivity index (χ2v) is 5.08. The quantitative estimate of drug-likeness (QED) is 0.841. The molecular weight excluding hydrogens is 236 g/mol. The van der Waals surface area contributed by atoms with Crippen molar-refractivity contribution in [3.8, 4) is 0 Å². The lowest BCUT2D eigenvalue weighted by molar-refractivity contribution is -0.120. The van der Waals surface area contributed by atoms with Gasteiger partial charge in [0.05, 0.1) is 5.92 Å². The smallest absolute Gasteiger partial charge is 0.225 e. The summed E-state index contributed by atoms with van der Waals surface area (Å²) in [6.45, 7) is 0. The van der Waals surface area contributed by atoms with Crippen molar-refractivity contribution < 1.29 is 4.79 Å². The second-order valence-electron chi connectivity index (χ2n) is 4.69. The van der Waals surface area contributed by atoms with Gasteiger partial charge in [0, 0.05) is 6.20 Å². The maximum Gasteiger partial charge on any atom is 0.225 e. The molecule has 1 aliphatic carbocycles. The third-order valence-electron chi connectivity index (χ3n) is 3.54. The van der Waals surface area contributed by atoms with Gasteiger partial charge in [0.25, 0.3) is 0 Å². The van der Waals surface area contributed by atoms with Crippen LogP contribution in [-0.2, 0) is 4.79 Å². The Balaban J connectivity index is 2.21. The minimum absolute atomic E-state index is 0.208. The number of pyridine rings is 1. The first-order valence-electron chi connectivity index (χ1n) is 6.09. The number of carbonyl (C=O) groups excluding carboxylic acids is 1. The van der Waals surface area contributed by atoms with E-state index in [0.717, 1.165) is 18.4 Å². The Morgan fingerprint density at radius 3 is 2.59 bits per heavy atom. The van der Waals surface area contributed by atoms with Gasteiger partial charge >= 0.3 is 0 Å². The Morgan fingerprint density at radius 2 is 2.06 bits per heavy atom. The molecule has 1 saturated carbocycles. The molecule has 0 saturated heterocycles. The molecule has 1 amide bonds. The van der Waals surface area contributed by atoms with E-state index in [2.05, 4.69) is 4.98 Å². The molecule has 17 heavy (non-hydrogen) atoms. The molecule has 1 aromatic heterocycles. The fourth-order valence-electron chi connectivity index (χ4n) is 2.71. The first-order chi connectivity index (χ1) is 8.18. The van der Waals surface area contributed by atoms with E-state index in [1.165, 1.54) is 19.3 Å². The molecule has 0 bridgehead atoms. The SMILES string of the molecule is NC(=O)C(c1ccc(Cl)nc1)C1CCCCC1. The topological polar surface area (TPSA) is 56.0 Å². The summed E-state index contributed by atoms with van der Waals surface area (Å²) in [7, 11) is 0. The van der Waals surface area contributed by atoms with Gasteiger partial charge in [-0.05, 0) is 30.4 Å². The molecule has 1 aliphatic rings. The number of rotatable bonds is 3. The zero-order chi connectivity index (χ0) is 12.3. The molecule has 1 heterocycles. The maximum absolute atomic E-state index is 11.6. The van der Waals surface area contributed by atoms with Crippen LogP contribution >= 0.6 is 11.6 Å². The van der Waals surface area contributed by atoms with Crippen molar-refractivity contribution in [1.82, 2.24) is 4.98 Å². The molecule has 4 heteroatoms. The van der Waals surface area contributed by atoms with Gasteiger partial charge in [-0.15, -0.1) is 0 Å². The summed E-state index contributed by atoms with van der Waals surface area (Å²) in [5.41, 5.74) is 6.43. The highest BCUT2D eigenvalue weighted by molar-refractivity contribution is 6.29. The Morgan fingerprint density at radius 1 is 1.35 bits per heavy atom. The zero-order valence-electron chi connectivity index (χ0n) is 9.73. The van der Waals surface area contributed by atoms with Crippen LogP contribution in [0.5, 0.6) is 0 Å². The third-order valence-corrected chi connectivity index (χ3v) is 3.76. The van der Waals surface area contributed by atoms with Crippen LogP contribution in [0.4, 0.5) is 0 Å². The molecule has 0 aromatic carbocycles. The van der Waals surface area contributed by atoms with Gasteiger partial charge in [-0.2, -0.15) is 0 Å². The minimum Gasteiger partial charge on any atom is -0.369 e. The lowest BCUT2D eigenvalue weighted by Gasteiger charge is -2.28. The lowest BCUT2D eigenvalue weighted by atomic mass is 9.77. The summed E-state index contributed by atoms with van der Waals surface area (Å²) < 4.78 is 0. The van der Waals surface area contributed by atoms with Crippen molar-refractivity contribution in [2.45, 2.75) is 38.0 Å². The number of nitrogens with two attached hydrogens (primary N) is 1. The van der Waals surface area contributed by atoms with Crippen molar-refractivity contribution in [2.24, 2.45) is 11.7 Å². The third kappa shape index (κ3) is 2.97. The molecule has 0 radical (unpaired) electrons. The first-order valence-corrected chi connectivity index (χ1v) is 6.47. The minimum atomic E-state index is -0.249. The largest absolute Gasteiger partial charge is 0.369 e. The molecule has 1 unspecified atom stereocenters. The molecule has 0 aliphatic heterocycles. The van der Waals surface area contributed by atoms with Gasteiger partial charge in [0.1, 0.15) is 5.15 Å². The summed E-state index contributed by atoms with van der Waals surface area (Å²) in [6.07, 6.45) is 7.48. The van der Waals surface area contributed by atoms with E-state index >= 15 is 0 Å². The van der Waals surface area contributed by atoms with Crippen LogP contribution in [0.2, 0.25) is 5.15 Å². The Hall–Kier alpha value is -1.09. The highest BCUT2D eigenvalue weighted by Crippen LogP contribution is 2.35. The predicted octanol–water partition coefficient (Wildman–Crippen LogP) is 2.88. The fraction of sp³-hybridized carbons (Fsp3) is 0.538. The van der Waals surface area contributed by atoms with Crippen LogP contribution < -0.4 is 5.73 Å². The van der Waals surface area contributed by atoms with Gasteiger partial charge in [-0.25, -0.2) is 4.98 Å². The van der Waals surface area contributed by atoms with E-state index in [1.54, 1.807) is 12.3 Å². The molecule has 1 fully saturated rings.